The normalized spacial score (nSPS) is 27.5. The molecule has 154 valence electrons. The third-order valence-electron chi connectivity index (χ3n) is 6.89. The first-order chi connectivity index (χ1) is 13.5. The van der Waals surface area contributed by atoms with Gasteiger partial charge in [-0.25, -0.2) is 0 Å². The second-order valence-electron chi connectivity index (χ2n) is 9.68. The van der Waals surface area contributed by atoms with Crippen molar-refractivity contribution in [1.29, 1.82) is 0 Å². The minimum absolute atomic E-state index is 0.0231. The number of hydrogen-bond donors (Lipinski definition) is 3. The van der Waals surface area contributed by atoms with Crippen LogP contribution in [0.3, 0.4) is 0 Å². The van der Waals surface area contributed by atoms with Gasteiger partial charge in [0, 0.05) is 30.0 Å². The second-order valence-corrected chi connectivity index (χ2v) is 9.68. The number of quaternary nitrogens is 2. The number of likely N-dealkylation sites (N-methyl/N-ethyl adjacent to an activating group) is 1. The summed E-state index contributed by atoms with van der Waals surface area (Å²) < 4.78 is 1.95. The fourth-order valence-electron chi connectivity index (χ4n) is 5.75. The Morgan fingerprint density at radius 2 is 2.00 bits per heavy atom. The van der Waals surface area contributed by atoms with Gasteiger partial charge < -0.3 is 19.7 Å². The number of carbonyl (C=O) groups excluding carboxylic acids is 1. The minimum atomic E-state index is -0.100. The lowest BCUT2D eigenvalue weighted by Crippen LogP contribution is -3.15. The van der Waals surface area contributed by atoms with E-state index in [1.54, 1.807) is 4.90 Å². The number of fused-ring (bicyclic) bond motifs is 4. The van der Waals surface area contributed by atoms with Gasteiger partial charge in [0.15, 0.2) is 6.54 Å². The van der Waals surface area contributed by atoms with Gasteiger partial charge in [0.2, 0.25) is 0 Å². The van der Waals surface area contributed by atoms with E-state index in [1.165, 1.54) is 57.3 Å². The summed E-state index contributed by atoms with van der Waals surface area (Å²) in [7, 11) is 3.86. The Balaban J connectivity index is 1.47. The van der Waals surface area contributed by atoms with Crippen LogP contribution in [0.15, 0.2) is 16.9 Å². The Labute approximate surface area is 167 Å². The Morgan fingerprint density at radius 1 is 1.21 bits per heavy atom. The molecular formula is C22H36N4O2+2. The summed E-state index contributed by atoms with van der Waals surface area (Å²) >= 11 is 0. The second kappa shape index (κ2) is 8.37. The summed E-state index contributed by atoms with van der Waals surface area (Å²) in [4.78, 5) is 27.9. The van der Waals surface area contributed by atoms with E-state index in [-0.39, 0.29) is 11.5 Å². The minimum Gasteiger partial charge on any atom is -0.334 e. The first kappa shape index (κ1) is 19.6. The summed E-state index contributed by atoms with van der Waals surface area (Å²) in [5.74, 6) is 1.87. The Kier molecular flexibility index (Phi) is 5.88. The molecule has 28 heavy (non-hydrogen) atoms. The Morgan fingerprint density at radius 3 is 2.75 bits per heavy atom. The molecule has 2 bridgehead atoms. The van der Waals surface area contributed by atoms with Crippen molar-refractivity contribution < 1.29 is 14.6 Å². The first-order valence-electron chi connectivity index (χ1n) is 11.2. The molecule has 1 aliphatic carbocycles. The van der Waals surface area contributed by atoms with E-state index < -0.39 is 0 Å². The highest BCUT2D eigenvalue weighted by atomic mass is 16.2. The van der Waals surface area contributed by atoms with E-state index in [4.69, 9.17) is 0 Å². The van der Waals surface area contributed by atoms with Crippen LogP contribution >= 0.6 is 0 Å². The van der Waals surface area contributed by atoms with E-state index in [1.807, 2.05) is 24.7 Å². The van der Waals surface area contributed by atoms with E-state index in [2.05, 4.69) is 11.4 Å². The van der Waals surface area contributed by atoms with Crippen LogP contribution in [0.4, 0.5) is 5.69 Å². The maximum Gasteiger partial charge on any atom is 0.279 e. The fraction of sp³-hybridized carbons (Fsp3) is 0.727. The van der Waals surface area contributed by atoms with Crippen molar-refractivity contribution in [1.82, 2.24) is 4.57 Å². The van der Waals surface area contributed by atoms with Crippen molar-refractivity contribution in [2.24, 2.45) is 11.8 Å². The molecule has 0 aromatic carbocycles. The largest absolute Gasteiger partial charge is 0.334 e. The van der Waals surface area contributed by atoms with Gasteiger partial charge in [0.1, 0.15) is 5.69 Å². The highest BCUT2D eigenvalue weighted by Crippen LogP contribution is 2.31. The van der Waals surface area contributed by atoms with Crippen molar-refractivity contribution in [3.05, 3.63) is 28.2 Å². The lowest BCUT2D eigenvalue weighted by atomic mass is 9.81. The highest BCUT2D eigenvalue weighted by Gasteiger charge is 2.38. The Bertz CT molecular complexity index is 766. The zero-order valence-electron chi connectivity index (χ0n) is 17.4. The molecule has 3 atom stereocenters. The number of aromatic nitrogens is 1. The number of nitrogens with one attached hydrogen (secondary N) is 3. The number of likely N-dealkylation sites (tertiary alicyclic amines) is 1. The monoisotopic (exact) mass is 388 g/mol. The predicted molar refractivity (Wildman–Crippen MR) is 110 cm³/mol. The van der Waals surface area contributed by atoms with Gasteiger partial charge in [-0.05, 0) is 31.4 Å². The van der Waals surface area contributed by atoms with Crippen LogP contribution in [0.25, 0.3) is 0 Å². The fourth-order valence-corrected chi connectivity index (χ4v) is 5.75. The number of anilines is 1. The number of carbonyl (C=O) groups is 1. The van der Waals surface area contributed by atoms with Gasteiger partial charge in [0.05, 0.1) is 33.7 Å². The molecule has 1 unspecified atom stereocenters. The van der Waals surface area contributed by atoms with Crippen LogP contribution < -0.4 is 20.7 Å². The van der Waals surface area contributed by atoms with Gasteiger partial charge in [-0.1, -0.05) is 19.3 Å². The zero-order valence-corrected chi connectivity index (χ0v) is 17.4. The summed E-state index contributed by atoms with van der Waals surface area (Å²) in [5, 5.41) is 2.82. The number of nitrogens with zero attached hydrogens (tertiary/aromatic N) is 1. The first-order valence-corrected chi connectivity index (χ1v) is 11.2. The maximum absolute atomic E-state index is 13.0. The molecule has 3 N–H and O–H groups in total. The van der Waals surface area contributed by atoms with Crippen LogP contribution in [-0.2, 0) is 11.3 Å². The zero-order chi connectivity index (χ0) is 19.7. The predicted octanol–water partition coefficient (Wildman–Crippen LogP) is -0.486. The lowest BCUT2D eigenvalue weighted by Gasteiger charge is -2.41. The molecule has 1 amide bonds. The molecule has 1 saturated heterocycles. The SMILES string of the molecule is C[NH+](C)CC(=O)Nc1ccc2n(c1=O)C[C@H]1C[C@@H]2C[NH+](CC2CCCCC2)C1. The molecule has 6 heteroatoms. The quantitative estimate of drug-likeness (QED) is 0.638. The average molecular weight is 389 g/mol. The van der Waals surface area contributed by atoms with Gasteiger partial charge in [-0.15, -0.1) is 0 Å². The van der Waals surface area contributed by atoms with Crippen LogP contribution in [-0.4, -0.2) is 50.7 Å². The number of rotatable bonds is 5. The highest BCUT2D eigenvalue weighted by molar-refractivity contribution is 5.91. The van der Waals surface area contributed by atoms with Gasteiger partial charge >= 0.3 is 0 Å². The number of amides is 1. The van der Waals surface area contributed by atoms with E-state index in [9.17, 15) is 9.59 Å². The molecule has 4 rings (SSSR count). The van der Waals surface area contributed by atoms with E-state index >= 15 is 0 Å². The molecule has 0 radical (unpaired) electrons. The van der Waals surface area contributed by atoms with Gasteiger partial charge in [-0.2, -0.15) is 0 Å². The molecule has 3 heterocycles. The third kappa shape index (κ3) is 4.33. The molecule has 3 aliphatic rings. The molecule has 1 aromatic rings. The van der Waals surface area contributed by atoms with Crippen LogP contribution in [0.5, 0.6) is 0 Å². The van der Waals surface area contributed by atoms with Crippen molar-refractivity contribution in [3.8, 4) is 0 Å². The molecule has 6 nitrogen and oxygen atoms in total. The average Bonchev–Trinajstić information content (AvgIpc) is 2.64. The summed E-state index contributed by atoms with van der Waals surface area (Å²) in [6, 6.07) is 3.91. The topological polar surface area (TPSA) is 60.0 Å². The Hall–Kier alpha value is -1.66. The van der Waals surface area contributed by atoms with E-state index in [0.717, 1.165) is 23.9 Å². The number of pyridine rings is 1. The summed E-state index contributed by atoms with van der Waals surface area (Å²) in [6.07, 6.45) is 8.27. The van der Waals surface area contributed by atoms with E-state index in [0.29, 0.717) is 24.1 Å². The van der Waals surface area contributed by atoms with Crippen LogP contribution in [0.1, 0.15) is 50.1 Å². The molecule has 1 saturated carbocycles. The number of piperidine rings is 1. The summed E-state index contributed by atoms with van der Waals surface area (Å²) in [5.41, 5.74) is 1.59. The maximum atomic E-state index is 13.0. The van der Waals surface area contributed by atoms with Gasteiger partial charge in [0.25, 0.3) is 11.5 Å². The van der Waals surface area contributed by atoms with Crippen molar-refractivity contribution >= 4 is 11.6 Å². The third-order valence-corrected chi connectivity index (χ3v) is 6.89. The number of hydrogen-bond acceptors (Lipinski definition) is 2. The molecular weight excluding hydrogens is 352 g/mol. The van der Waals surface area contributed by atoms with Crippen molar-refractivity contribution in [2.45, 2.75) is 51.0 Å². The lowest BCUT2D eigenvalue weighted by molar-refractivity contribution is -0.914. The van der Waals surface area contributed by atoms with Gasteiger partial charge in [-0.3, -0.25) is 9.59 Å². The molecule has 2 aliphatic heterocycles. The smallest absolute Gasteiger partial charge is 0.279 e. The van der Waals surface area contributed by atoms with Crippen LogP contribution in [0.2, 0.25) is 0 Å². The van der Waals surface area contributed by atoms with Crippen LogP contribution in [0, 0.1) is 11.8 Å². The van der Waals surface area contributed by atoms with Crippen molar-refractivity contribution in [2.75, 3.05) is 45.6 Å². The standard InChI is InChI=1S/C22H34N4O2/c1-24(2)15-21(27)23-19-8-9-20-18-10-17(13-26(20)22(19)28)12-25(14-18)11-16-6-4-3-5-7-16/h8-9,16-18H,3-7,10-15H2,1-2H3,(H,23,27)/p+2/t17-,18+/m0/s1. The summed E-state index contributed by atoms with van der Waals surface area (Å²) in [6.45, 7) is 4.84. The molecule has 1 aromatic heterocycles. The van der Waals surface area contributed by atoms with Crippen molar-refractivity contribution in [3.63, 3.8) is 0 Å². The molecule has 0 spiro atoms. The molecule has 2 fully saturated rings.